The SMILES string of the molecule is c1ccc(-c2ccc(N(c3ccc4c(c3)oc3ccccc34)c3ccc4c(c3)oc3c4ccc4c3c3ccccc3n4-c3ccccc3)cc2)cc1. The number of anilines is 3. The summed E-state index contributed by atoms with van der Waals surface area (Å²) in [5, 5.41) is 6.71. The molecule has 0 amide bonds. The van der Waals surface area contributed by atoms with Crippen LogP contribution in [0.4, 0.5) is 17.1 Å². The average Bonchev–Trinajstić information content (AvgIpc) is 3.88. The lowest BCUT2D eigenvalue weighted by Gasteiger charge is -2.25. The lowest BCUT2D eigenvalue weighted by molar-refractivity contribution is 0.669. The highest BCUT2D eigenvalue weighted by molar-refractivity contribution is 6.24. The van der Waals surface area contributed by atoms with Gasteiger partial charge >= 0.3 is 0 Å². The van der Waals surface area contributed by atoms with Crippen molar-refractivity contribution in [2.75, 3.05) is 4.90 Å². The second kappa shape index (κ2) is 11.2. The van der Waals surface area contributed by atoms with Gasteiger partial charge in [0, 0.05) is 61.8 Å². The lowest BCUT2D eigenvalue weighted by atomic mass is 10.0. The largest absolute Gasteiger partial charge is 0.456 e. The van der Waals surface area contributed by atoms with E-state index in [4.69, 9.17) is 8.83 Å². The molecule has 11 rings (SSSR count). The molecule has 8 aromatic carbocycles. The first kappa shape index (κ1) is 28.8. The number of benzene rings is 8. The van der Waals surface area contributed by atoms with Gasteiger partial charge in [-0.25, -0.2) is 0 Å². The molecule has 4 nitrogen and oxygen atoms in total. The summed E-state index contributed by atoms with van der Waals surface area (Å²) in [5.74, 6) is 0. The fourth-order valence-corrected chi connectivity index (χ4v) is 8.00. The molecule has 0 N–H and O–H groups in total. The maximum absolute atomic E-state index is 6.91. The van der Waals surface area contributed by atoms with Gasteiger partial charge in [-0.1, -0.05) is 97.1 Å². The van der Waals surface area contributed by atoms with Crippen LogP contribution in [0.15, 0.2) is 191 Å². The Morgan fingerprint density at radius 1 is 0.365 bits per heavy atom. The van der Waals surface area contributed by atoms with Gasteiger partial charge in [0.2, 0.25) is 0 Å². The predicted molar refractivity (Wildman–Crippen MR) is 215 cm³/mol. The van der Waals surface area contributed by atoms with Gasteiger partial charge in [-0.3, -0.25) is 0 Å². The van der Waals surface area contributed by atoms with Crippen LogP contribution in [0, 0.1) is 0 Å². The summed E-state index contributed by atoms with van der Waals surface area (Å²) in [5.41, 5.74) is 12.3. The molecule has 3 heterocycles. The Hall–Kier alpha value is -7.04. The topological polar surface area (TPSA) is 34.5 Å². The van der Waals surface area contributed by atoms with Crippen molar-refractivity contribution in [3.05, 3.63) is 182 Å². The van der Waals surface area contributed by atoms with E-state index in [-0.39, 0.29) is 0 Å². The zero-order valence-corrected chi connectivity index (χ0v) is 28.0. The first-order valence-corrected chi connectivity index (χ1v) is 17.6. The maximum atomic E-state index is 6.91. The Balaban J connectivity index is 1.11. The van der Waals surface area contributed by atoms with E-state index in [1.807, 2.05) is 18.2 Å². The van der Waals surface area contributed by atoms with Crippen molar-refractivity contribution >= 4 is 82.7 Å². The third-order valence-corrected chi connectivity index (χ3v) is 10.4. The standard InChI is InChI=1S/C48H30N2O2/c1-3-11-31(12-4-1)32-19-21-34(22-20-32)49(35-23-25-38-37-15-8-10-18-44(37)51-45(38)29-35)36-24-26-39-40-27-28-43-47(48(40)52-46(39)30-36)41-16-7-9-17-42(41)50(43)33-13-5-2-6-14-33/h1-30H. The van der Waals surface area contributed by atoms with Crippen LogP contribution < -0.4 is 4.90 Å². The molecule has 0 saturated carbocycles. The summed E-state index contributed by atoms with van der Waals surface area (Å²) >= 11 is 0. The zero-order chi connectivity index (χ0) is 34.2. The first-order chi connectivity index (χ1) is 25.8. The van der Waals surface area contributed by atoms with E-state index >= 15 is 0 Å². The molecule has 0 aliphatic rings. The number of hydrogen-bond donors (Lipinski definition) is 0. The Labute approximate surface area is 299 Å². The molecule has 244 valence electrons. The first-order valence-electron chi connectivity index (χ1n) is 17.6. The summed E-state index contributed by atoms with van der Waals surface area (Å²) in [7, 11) is 0. The van der Waals surface area contributed by atoms with E-state index in [0.717, 1.165) is 83.0 Å². The number of furan rings is 2. The molecule has 0 bridgehead atoms. The molecular formula is C48H30N2O2. The highest BCUT2D eigenvalue weighted by Crippen LogP contribution is 2.44. The van der Waals surface area contributed by atoms with Crippen LogP contribution in [0.3, 0.4) is 0 Å². The van der Waals surface area contributed by atoms with Crippen molar-refractivity contribution in [3.8, 4) is 16.8 Å². The van der Waals surface area contributed by atoms with Gasteiger partial charge in [-0.05, 0) is 83.9 Å². The van der Waals surface area contributed by atoms with Gasteiger partial charge in [-0.2, -0.15) is 0 Å². The van der Waals surface area contributed by atoms with E-state index in [2.05, 4.69) is 173 Å². The predicted octanol–water partition coefficient (Wildman–Crippen LogP) is 13.7. The fourth-order valence-electron chi connectivity index (χ4n) is 8.00. The van der Waals surface area contributed by atoms with Crippen molar-refractivity contribution in [1.29, 1.82) is 0 Å². The molecule has 11 aromatic rings. The molecule has 0 radical (unpaired) electrons. The Kier molecular flexibility index (Phi) is 6.22. The second-order valence-corrected chi connectivity index (χ2v) is 13.3. The minimum Gasteiger partial charge on any atom is -0.456 e. The molecule has 52 heavy (non-hydrogen) atoms. The molecule has 0 atom stereocenters. The highest BCUT2D eigenvalue weighted by atomic mass is 16.3. The maximum Gasteiger partial charge on any atom is 0.145 e. The van der Waals surface area contributed by atoms with Gasteiger partial charge in [-0.15, -0.1) is 0 Å². The smallest absolute Gasteiger partial charge is 0.145 e. The number of para-hydroxylation sites is 3. The van der Waals surface area contributed by atoms with Gasteiger partial charge in [0.1, 0.15) is 22.3 Å². The number of hydrogen-bond acceptors (Lipinski definition) is 3. The van der Waals surface area contributed by atoms with E-state index in [1.165, 1.54) is 16.5 Å². The molecule has 0 unspecified atom stereocenters. The van der Waals surface area contributed by atoms with Crippen molar-refractivity contribution < 1.29 is 8.83 Å². The molecule has 0 fully saturated rings. The molecule has 0 aliphatic heterocycles. The number of fused-ring (bicyclic) bond motifs is 10. The summed E-state index contributed by atoms with van der Waals surface area (Å²) in [6.45, 7) is 0. The fraction of sp³-hybridized carbons (Fsp3) is 0. The van der Waals surface area contributed by atoms with Gasteiger partial charge in [0.25, 0.3) is 0 Å². The Morgan fingerprint density at radius 3 is 1.69 bits per heavy atom. The van der Waals surface area contributed by atoms with E-state index in [0.29, 0.717) is 0 Å². The minimum absolute atomic E-state index is 0.840. The molecular weight excluding hydrogens is 637 g/mol. The average molecular weight is 667 g/mol. The van der Waals surface area contributed by atoms with Crippen molar-refractivity contribution in [2.45, 2.75) is 0 Å². The van der Waals surface area contributed by atoms with Crippen LogP contribution >= 0.6 is 0 Å². The van der Waals surface area contributed by atoms with E-state index < -0.39 is 0 Å². The highest BCUT2D eigenvalue weighted by Gasteiger charge is 2.21. The summed E-state index contributed by atoms with van der Waals surface area (Å²) in [6.07, 6.45) is 0. The van der Waals surface area contributed by atoms with E-state index in [1.54, 1.807) is 0 Å². The van der Waals surface area contributed by atoms with Crippen LogP contribution in [-0.2, 0) is 0 Å². The third kappa shape index (κ3) is 4.34. The summed E-state index contributed by atoms with van der Waals surface area (Å²) < 4.78 is 15.6. The normalized spacial score (nSPS) is 11.8. The third-order valence-electron chi connectivity index (χ3n) is 10.4. The van der Waals surface area contributed by atoms with Gasteiger partial charge < -0.3 is 18.3 Å². The number of rotatable bonds is 5. The monoisotopic (exact) mass is 666 g/mol. The Bertz CT molecular complexity index is 3110. The van der Waals surface area contributed by atoms with Crippen LogP contribution in [-0.4, -0.2) is 4.57 Å². The number of aromatic nitrogens is 1. The molecule has 0 saturated heterocycles. The zero-order valence-electron chi connectivity index (χ0n) is 28.0. The quantitative estimate of drug-likeness (QED) is 0.183. The second-order valence-electron chi connectivity index (χ2n) is 13.3. The molecule has 0 aliphatic carbocycles. The Morgan fingerprint density at radius 2 is 0.923 bits per heavy atom. The number of nitrogens with zero attached hydrogens (tertiary/aromatic N) is 2. The lowest BCUT2D eigenvalue weighted by Crippen LogP contribution is -2.09. The van der Waals surface area contributed by atoms with Crippen molar-refractivity contribution in [3.63, 3.8) is 0 Å². The van der Waals surface area contributed by atoms with E-state index in [9.17, 15) is 0 Å². The minimum atomic E-state index is 0.840. The van der Waals surface area contributed by atoms with Crippen LogP contribution in [0.5, 0.6) is 0 Å². The van der Waals surface area contributed by atoms with Crippen molar-refractivity contribution in [1.82, 2.24) is 4.57 Å². The van der Waals surface area contributed by atoms with Gasteiger partial charge in [0.15, 0.2) is 0 Å². The molecule has 0 spiro atoms. The molecule has 3 aromatic heterocycles. The van der Waals surface area contributed by atoms with Crippen LogP contribution in [0.2, 0.25) is 0 Å². The summed E-state index contributed by atoms with van der Waals surface area (Å²) in [6, 6.07) is 64.1. The van der Waals surface area contributed by atoms with Crippen molar-refractivity contribution in [2.24, 2.45) is 0 Å². The van der Waals surface area contributed by atoms with Crippen LogP contribution in [0.1, 0.15) is 0 Å². The van der Waals surface area contributed by atoms with Crippen LogP contribution in [0.25, 0.3) is 82.5 Å². The summed E-state index contributed by atoms with van der Waals surface area (Å²) in [4.78, 5) is 2.28. The van der Waals surface area contributed by atoms with Gasteiger partial charge in [0.05, 0.1) is 16.4 Å². The molecule has 4 heteroatoms.